The van der Waals surface area contributed by atoms with Crippen LogP contribution in [-0.2, 0) is 5.41 Å². The van der Waals surface area contributed by atoms with E-state index in [4.69, 9.17) is 16.0 Å². The van der Waals surface area contributed by atoms with Gasteiger partial charge in [0.25, 0.3) is 0 Å². The smallest absolute Gasteiger partial charge is 0.222 e. The van der Waals surface area contributed by atoms with Gasteiger partial charge in [0.15, 0.2) is 0 Å². The van der Waals surface area contributed by atoms with Crippen molar-refractivity contribution in [2.45, 2.75) is 33.1 Å². The van der Waals surface area contributed by atoms with Crippen LogP contribution in [0.15, 0.2) is 76.2 Å². The van der Waals surface area contributed by atoms with Crippen LogP contribution in [0.4, 0.5) is 5.95 Å². The lowest BCUT2D eigenvalue weighted by Gasteiger charge is -2.19. The summed E-state index contributed by atoms with van der Waals surface area (Å²) in [5.41, 5.74) is 8.89. The minimum absolute atomic E-state index is 0.0872. The second-order valence-electron chi connectivity index (χ2n) is 9.25. The van der Waals surface area contributed by atoms with Gasteiger partial charge in [0.05, 0.1) is 16.4 Å². The Bertz CT molecular complexity index is 1510. The summed E-state index contributed by atoms with van der Waals surface area (Å²) in [6, 6.07) is 22.1. The molecule has 6 heteroatoms. The van der Waals surface area contributed by atoms with Crippen molar-refractivity contribution >= 4 is 39.6 Å². The quantitative estimate of drug-likeness (QED) is 0.283. The number of imidazole rings is 1. The second-order valence-corrected chi connectivity index (χ2v) is 9.65. The molecule has 0 saturated heterocycles. The van der Waals surface area contributed by atoms with E-state index >= 15 is 0 Å². The maximum atomic E-state index is 6.42. The van der Waals surface area contributed by atoms with Gasteiger partial charge in [0, 0.05) is 22.0 Å². The summed E-state index contributed by atoms with van der Waals surface area (Å²) >= 11 is 6.42. The van der Waals surface area contributed by atoms with Crippen LogP contribution in [0.3, 0.4) is 0 Å². The van der Waals surface area contributed by atoms with E-state index in [0.29, 0.717) is 16.3 Å². The van der Waals surface area contributed by atoms with Crippen molar-refractivity contribution in [2.24, 2.45) is 5.10 Å². The number of anilines is 1. The van der Waals surface area contributed by atoms with Crippen LogP contribution in [0.1, 0.15) is 31.9 Å². The van der Waals surface area contributed by atoms with Gasteiger partial charge < -0.3 is 9.40 Å². The number of halogens is 1. The van der Waals surface area contributed by atoms with Crippen molar-refractivity contribution in [3.05, 3.63) is 88.2 Å². The highest BCUT2D eigenvalue weighted by atomic mass is 35.5. The zero-order chi connectivity index (χ0) is 23.2. The number of hydrogen-bond donors (Lipinski definition) is 2. The van der Waals surface area contributed by atoms with Crippen LogP contribution < -0.4 is 10.8 Å². The highest BCUT2D eigenvalue weighted by molar-refractivity contribution is 6.32. The van der Waals surface area contributed by atoms with Gasteiger partial charge in [0.2, 0.25) is 5.95 Å². The molecule has 0 unspecified atom stereocenters. The van der Waals surface area contributed by atoms with Gasteiger partial charge in [-0.15, -0.1) is 0 Å². The molecule has 5 rings (SSSR count). The fourth-order valence-corrected chi connectivity index (χ4v) is 3.94. The summed E-state index contributed by atoms with van der Waals surface area (Å²) in [6.45, 7) is 8.58. The molecule has 0 amide bonds. The van der Waals surface area contributed by atoms with Gasteiger partial charge in [-0.3, -0.25) is 0 Å². The Balaban J connectivity index is 1.63. The van der Waals surface area contributed by atoms with Gasteiger partial charge in [-0.2, -0.15) is 5.10 Å². The van der Waals surface area contributed by atoms with Crippen LogP contribution >= 0.6 is 11.6 Å². The number of nitrogens with one attached hydrogen (secondary N) is 2. The number of hydrogen-bond acceptors (Lipinski definition) is 4. The second kappa shape index (κ2) is 8.09. The topological polar surface area (TPSA) is 66.2 Å². The molecule has 0 aliphatic heterocycles. The molecule has 33 heavy (non-hydrogen) atoms. The first-order valence-electron chi connectivity index (χ1n) is 10.9. The zero-order valence-electron chi connectivity index (χ0n) is 19.0. The predicted octanol–water partition coefficient (Wildman–Crippen LogP) is 7.16. The van der Waals surface area contributed by atoms with Gasteiger partial charge in [-0.1, -0.05) is 68.8 Å². The molecule has 5 nitrogen and oxygen atoms in total. The third-order valence-corrected chi connectivity index (χ3v) is 6.14. The Labute approximate surface area is 197 Å². The van der Waals surface area contributed by atoms with E-state index in [2.05, 4.69) is 65.5 Å². The van der Waals surface area contributed by atoms with Crippen molar-refractivity contribution in [3.63, 3.8) is 0 Å². The first kappa shape index (κ1) is 21.3. The number of H-pyrrole nitrogens is 1. The number of nitrogens with zero attached hydrogens (tertiary/aromatic N) is 2. The monoisotopic (exact) mass is 456 g/mol. The fraction of sp³-hybridized carbons (Fsp3) is 0.185. The molecule has 0 radical (unpaired) electrons. The number of fused-ring (bicyclic) bond motifs is 2. The van der Waals surface area contributed by atoms with Crippen molar-refractivity contribution < 1.29 is 4.42 Å². The molecule has 0 fully saturated rings. The summed E-state index contributed by atoms with van der Waals surface area (Å²) in [6.07, 6.45) is 0. The van der Waals surface area contributed by atoms with E-state index in [-0.39, 0.29) is 5.41 Å². The van der Waals surface area contributed by atoms with E-state index in [9.17, 15) is 0 Å². The fourth-order valence-electron chi connectivity index (χ4n) is 3.78. The van der Waals surface area contributed by atoms with E-state index in [0.717, 1.165) is 38.9 Å². The van der Waals surface area contributed by atoms with Crippen LogP contribution in [0.5, 0.6) is 0 Å². The molecule has 166 valence electrons. The number of para-hydroxylation sites is 2. The number of aryl methyl sites for hydroxylation is 1. The summed E-state index contributed by atoms with van der Waals surface area (Å²) < 4.78 is 6.28. The number of aromatic nitrogens is 2. The molecule has 2 heterocycles. The van der Waals surface area contributed by atoms with Crippen LogP contribution in [0.2, 0.25) is 5.02 Å². The van der Waals surface area contributed by atoms with E-state index < -0.39 is 0 Å². The molecular weight excluding hydrogens is 432 g/mol. The molecule has 0 bridgehead atoms. The molecule has 5 aromatic rings. The summed E-state index contributed by atoms with van der Waals surface area (Å²) in [7, 11) is 0. The first-order valence-corrected chi connectivity index (χ1v) is 11.3. The van der Waals surface area contributed by atoms with Crippen molar-refractivity contribution in [1.29, 1.82) is 0 Å². The first-order chi connectivity index (χ1) is 15.8. The average molecular weight is 457 g/mol. The lowest BCUT2D eigenvalue weighted by atomic mass is 9.86. The van der Waals surface area contributed by atoms with Gasteiger partial charge >= 0.3 is 0 Å². The van der Waals surface area contributed by atoms with E-state index in [1.54, 1.807) is 0 Å². The Morgan fingerprint density at radius 3 is 2.48 bits per heavy atom. The van der Waals surface area contributed by atoms with E-state index in [1.807, 2.05) is 49.4 Å². The lowest BCUT2D eigenvalue weighted by molar-refractivity contribution is 0.589. The van der Waals surface area contributed by atoms with Crippen molar-refractivity contribution in [3.8, 4) is 11.3 Å². The molecule has 0 spiro atoms. The Morgan fingerprint density at radius 1 is 1.00 bits per heavy atom. The average Bonchev–Trinajstić information content (AvgIpc) is 3.21. The van der Waals surface area contributed by atoms with Crippen molar-refractivity contribution in [1.82, 2.24) is 9.97 Å². The highest BCUT2D eigenvalue weighted by Crippen LogP contribution is 2.29. The van der Waals surface area contributed by atoms with Gasteiger partial charge in [0.1, 0.15) is 11.3 Å². The van der Waals surface area contributed by atoms with Crippen LogP contribution in [0.25, 0.3) is 33.3 Å². The molecule has 0 aliphatic rings. The summed E-state index contributed by atoms with van der Waals surface area (Å²) in [5, 5.41) is 6.86. The minimum atomic E-state index is 0.0872. The molecule has 0 aliphatic carbocycles. The number of benzene rings is 3. The van der Waals surface area contributed by atoms with E-state index in [1.165, 1.54) is 5.56 Å². The molecule has 0 atom stereocenters. The van der Waals surface area contributed by atoms with Crippen LogP contribution in [-0.4, -0.2) is 9.97 Å². The zero-order valence-corrected chi connectivity index (χ0v) is 19.8. The maximum absolute atomic E-state index is 6.42. The Morgan fingerprint density at radius 2 is 1.76 bits per heavy atom. The maximum Gasteiger partial charge on any atom is 0.222 e. The molecule has 3 aromatic carbocycles. The Kier molecular flexibility index (Phi) is 5.22. The number of rotatable bonds is 3. The minimum Gasteiger partial charge on any atom is -0.456 e. The van der Waals surface area contributed by atoms with Gasteiger partial charge in [-0.25, -0.2) is 10.4 Å². The normalized spacial score (nSPS) is 12.6. The molecule has 2 aromatic heterocycles. The Hall–Kier alpha value is -3.57. The number of aromatic amines is 1. The standard InChI is InChI=1S/C27H25ClN4O/c1-16-13-25-19(14-20(16)28)23(31-32-26-29-21-7-5-6-8-22(21)30-26)15-24(33-25)17-9-11-18(12-10-17)27(2,3)4/h5-15H,1-4H3,(H2,29,30,32). The molecular formula is C27H25ClN4O. The van der Waals surface area contributed by atoms with Gasteiger partial charge in [-0.05, 0) is 47.7 Å². The lowest BCUT2D eigenvalue weighted by Crippen LogP contribution is -2.10. The van der Waals surface area contributed by atoms with Crippen molar-refractivity contribution in [2.75, 3.05) is 5.43 Å². The predicted molar refractivity (Wildman–Crippen MR) is 135 cm³/mol. The van der Waals surface area contributed by atoms with Crippen LogP contribution in [0, 0.1) is 6.92 Å². The SMILES string of the molecule is Cc1cc2oc(-c3ccc(C(C)(C)C)cc3)cc(=NNc3nc4ccccc4[nH]3)c2cc1Cl. The summed E-state index contributed by atoms with van der Waals surface area (Å²) in [4.78, 5) is 7.78. The summed E-state index contributed by atoms with van der Waals surface area (Å²) in [5.74, 6) is 1.30. The molecule has 0 saturated carbocycles. The highest BCUT2D eigenvalue weighted by Gasteiger charge is 2.14. The third-order valence-electron chi connectivity index (χ3n) is 5.73. The largest absolute Gasteiger partial charge is 0.456 e. The third kappa shape index (κ3) is 4.24. The molecule has 2 N–H and O–H groups in total.